The molecule has 11 heteroatoms. The van der Waals surface area contributed by atoms with E-state index in [4.69, 9.17) is 33.2 Å². The molecule has 1 heterocycles. The number of rotatable bonds is 23. The van der Waals surface area contributed by atoms with E-state index in [-0.39, 0.29) is 25.0 Å². The van der Waals surface area contributed by atoms with Crippen LogP contribution in [0.25, 0.3) is 0 Å². The summed E-state index contributed by atoms with van der Waals surface area (Å²) in [6.07, 6.45) is 0. The van der Waals surface area contributed by atoms with Crippen LogP contribution >= 0.6 is 22.6 Å². The second kappa shape index (κ2) is 19.9. The first-order valence-electron chi connectivity index (χ1n) is 11.8. The molecule has 0 aromatic heterocycles. The van der Waals surface area contributed by atoms with Gasteiger partial charge < -0.3 is 33.2 Å². The highest BCUT2D eigenvalue weighted by Crippen LogP contribution is 2.21. The van der Waals surface area contributed by atoms with Crippen molar-refractivity contribution < 1.29 is 42.7 Å². The summed E-state index contributed by atoms with van der Waals surface area (Å²) in [4.78, 5) is 25.7. The Bertz CT molecular complexity index is 687. The summed E-state index contributed by atoms with van der Waals surface area (Å²) in [7, 11) is 0. The van der Waals surface area contributed by atoms with Crippen molar-refractivity contribution in [1.82, 2.24) is 4.90 Å². The number of ether oxygens (including phenoxy) is 7. The van der Waals surface area contributed by atoms with Crippen molar-refractivity contribution in [2.45, 2.75) is 0 Å². The number of carbonyl (C=O) groups excluding carboxylic acids is 2. The zero-order valence-electron chi connectivity index (χ0n) is 20.1. The van der Waals surface area contributed by atoms with E-state index in [9.17, 15) is 9.59 Å². The molecular formula is C24H36INO9. The van der Waals surface area contributed by atoms with Gasteiger partial charge in [0.1, 0.15) is 0 Å². The van der Waals surface area contributed by atoms with Crippen LogP contribution in [0.2, 0.25) is 0 Å². The molecule has 0 saturated carbocycles. The average Bonchev–Trinajstić information content (AvgIpc) is 3.12. The highest BCUT2D eigenvalue weighted by molar-refractivity contribution is 14.1. The number of fused-ring (bicyclic) bond motifs is 1. The lowest BCUT2D eigenvalue weighted by molar-refractivity contribution is -0.0203. The third kappa shape index (κ3) is 12.6. The van der Waals surface area contributed by atoms with E-state index in [1.165, 1.54) is 4.90 Å². The summed E-state index contributed by atoms with van der Waals surface area (Å²) in [5.74, 6) is -0.541. The second-order valence-electron chi connectivity index (χ2n) is 7.28. The molecule has 0 radical (unpaired) electrons. The zero-order valence-corrected chi connectivity index (χ0v) is 22.3. The van der Waals surface area contributed by atoms with E-state index in [0.29, 0.717) is 90.4 Å². The number of nitrogens with zero attached hydrogens (tertiary/aromatic N) is 1. The van der Waals surface area contributed by atoms with Crippen molar-refractivity contribution in [2.24, 2.45) is 0 Å². The van der Waals surface area contributed by atoms with Crippen molar-refractivity contribution in [1.29, 1.82) is 0 Å². The summed E-state index contributed by atoms with van der Waals surface area (Å²) in [5.41, 5.74) is 0.897. The molecule has 0 spiro atoms. The minimum Gasteiger partial charge on any atom is -0.378 e. The molecule has 1 aromatic rings. The third-order valence-electron chi connectivity index (χ3n) is 4.79. The van der Waals surface area contributed by atoms with Gasteiger partial charge in [0.15, 0.2) is 0 Å². The average molecular weight is 609 g/mol. The van der Waals surface area contributed by atoms with Crippen molar-refractivity contribution >= 4 is 34.4 Å². The molecule has 0 bridgehead atoms. The quantitative estimate of drug-likeness (QED) is 0.0797. The smallest absolute Gasteiger partial charge is 0.261 e. The van der Waals surface area contributed by atoms with E-state index in [1.54, 1.807) is 24.3 Å². The summed E-state index contributed by atoms with van der Waals surface area (Å²) < 4.78 is 38.9. The van der Waals surface area contributed by atoms with E-state index < -0.39 is 0 Å². The fourth-order valence-corrected chi connectivity index (χ4v) is 3.39. The van der Waals surface area contributed by atoms with Crippen molar-refractivity contribution in [3.63, 3.8) is 0 Å². The maximum atomic E-state index is 12.2. The molecule has 198 valence electrons. The van der Waals surface area contributed by atoms with Crippen molar-refractivity contribution in [3.8, 4) is 0 Å². The molecule has 0 unspecified atom stereocenters. The molecule has 0 fully saturated rings. The number of hydrogen-bond donors (Lipinski definition) is 0. The van der Waals surface area contributed by atoms with Gasteiger partial charge in [-0.05, 0) is 12.1 Å². The van der Waals surface area contributed by atoms with Gasteiger partial charge in [0.2, 0.25) is 0 Å². The topological polar surface area (TPSA) is 102 Å². The number of amides is 2. The Morgan fingerprint density at radius 3 is 1.17 bits per heavy atom. The predicted octanol–water partition coefficient (Wildman–Crippen LogP) is 1.83. The van der Waals surface area contributed by atoms with Crippen molar-refractivity contribution in [3.05, 3.63) is 35.4 Å². The molecular weight excluding hydrogens is 573 g/mol. The Kier molecular flexibility index (Phi) is 17.1. The zero-order chi connectivity index (χ0) is 25.0. The number of imide groups is 1. The van der Waals surface area contributed by atoms with Gasteiger partial charge in [-0.2, -0.15) is 0 Å². The van der Waals surface area contributed by atoms with Crippen LogP contribution in [-0.2, 0) is 33.2 Å². The third-order valence-corrected chi connectivity index (χ3v) is 5.23. The predicted molar refractivity (Wildman–Crippen MR) is 136 cm³/mol. The molecule has 2 rings (SSSR count). The fourth-order valence-electron chi connectivity index (χ4n) is 3.07. The first kappa shape index (κ1) is 30.0. The second-order valence-corrected chi connectivity index (χ2v) is 8.36. The monoisotopic (exact) mass is 609 g/mol. The van der Waals surface area contributed by atoms with E-state index in [0.717, 1.165) is 11.0 Å². The largest absolute Gasteiger partial charge is 0.378 e. The first-order valence-corrected chi connectivity index (χ1v) is 13.3. The fraction of sp³-hybridized carbons (Fsp3) is 0.667. The molecule has 1 aliphatic rings. The van der Waals surface area contributed by atoms with Crippen LogP contribution in [0.3, 0.4) is 0 Å². The molecule has 0 N–H and O–H groups in total. The van der Waals surface area contributed by atoms with Gasteiger partial charge >= 0.3 is 0 Å². The number of alkyl halides is 1. The van der Waals surface area contributed by atoms with E-state index >= 15 is 0 Å². The van der Waals surface area contributed by atoms with Crippen LogP contribution in [0.15, 0.2) is 24.3 Å². The maximum absolute atomic E-state index is 12.2. The van der Waals surface area contributed by atoms with Crippen LogP contribution in [0.1, 0.15) is 20.7 Å². The van der Waals surface area contributed by atoms with Gasteiger partial charge in [0, 0.05) is 4.43 Å². The number of benzene rings is 1. The molecule has 2 amide bonds. The molecule has 0 atom stereocenters. The van der Waals surface area contributed by atoms with Gasteiger partial charge in [-0.25, -0.2) is 0 Å². The molecule has 0 aliphatic carbocycles. The standard InChI is InChI=1S/C24H36INO9/c25-5-7-29-9-11-31-13-15-33-17-19-35-20-18-34-16-14-32-12-10-30-8-6-26-23(27)21-3-1-2-4-22(21)24(26)28/h1-4H,5-20H2. The highest BCUT2D eigenvalue weighted by Gasteiger charge is 2.34. The van der Waals surface area contributed by atoms with Crippen LogP contribution in [0, 0.1) is 0 Å². The molecule has 1 aliphatic heterocycles. The van der Waals surface area contributed by atoms with Crippen LogP contribution in [0.5, 0.6) is 0 Å². The SMILES string of the molecule is O=C1c2ccccc2C(=O)N1CCOCCOCCOCCOCCOCCOCCOCCI. The molecule has 0 saturated heterocycles. The summed E-state index contributed by atoms with van der Waals surface area (Å²) >= 11 is 2.27. The van der Waals surface area contributed by atoms with Crippen LogP contribution in [-0.4, -0.2) is 120 Å². The van der Waals surface area contributed by atoms with E-state index in [1.807, 2.05) is 0 Å². The van der Waals surface area contributed by atoms with Crippen LogP contribution < -0.4 is 0 Å². The lowest BCUT2D eigenvalue weighted by Crippen LogP contribution is -2.33. The molecule has 35 heavy (non-hydrogen) atoms. The highest BCUT2D eigenvalue weighted by atomic mass is 127. The number of hydrogen-bond acceptors (Lipinski definition) is 9. The lowest BCUT2D eigenvalue weighted by Gasteiger charge is -2.13. The van der Waals surface area contributed by atoms with Gasteiger partial charge in [0.05, 0.1) is 110 Å². The van der Waals surface area contributed by atoms with Crippen molar-refractivity contribution in [2.75, 3.05) is 103 Å². The molecule has 1 aromatic carbocycles. The van der Waals surface area contributed by atoms with Gasteiger partial charge in [-0.3, -0.25) is 14.5 Å². The minimum absolute atomic E-state index is 0.225. The number of halogens is 1. The summed E-state index contributed by atoms with van der Waals surface area (Å²) in [5, 5.41) is 0. The van der Waals surface area contributed by atoms with Gasteiger partial charge in [-0.15, -0.1) is 0 Å². The van der Waals surface area contributed by atoms with Crippen LogP contribution in [0.4, 0.5) is 0 Å². The summed E-state index contributed by atoms with van der Waals surface area (Å²) in [6, 6.07) is 6.83. The lowest BCUT2D eigenvalue weighted by atomic mass is 10.1. The summed E-state index contributed by atoms with van der Waals surface area (Å²) in [6.45, 7) is 7.27. The molecule has 10 nitrogen and oxygen atoms in total. The van der Waals surface area contributed by atoms with E-state index in [2.05, 4.69) is 22.6 Å². The van der Waals surface area contributed by atoms with Gasteiger partial charge in [0.25, 0.3) is 11.8 Å². The Morgan fingerprint density at radius 1 is 0.514 bits per heavy atom. The minimum atomic E-state index is -0.270. The number of carbonyl (C=O) groups is 2. The van der Waals surface area contributed by atoms with Gasteiger partial charge in [-0.1, -0.05) is 34.7 Å². The Morgan fingerprint density at radius 2 is 0.829 bits per heavy atom. The maximum Gasteiger partial charge on any atom is 0.261 e. The first-order chi connectivity index (χ1) is 17.3. The Labute approximate surface area is 220 Å². The normalized spacial score (nSPS) is 13.1. The Hall–Kier alpha value is -1.19. The Balaban J connectivity index is 1.27.